The largest absolute Gasteiger partial charge is 0.494 e. The lowest BCUT2D eigenvalue weighted by atomic mass is 9.87. The minimum atomic E-state index is -0.0769. The van der Waals surface area contributed by atoms with Gasteiger partial charge in [-0.2, -0.15) is 0 Å². The first kappa shape index (κ1) is 14.2. The molecule has 2 unspecified atom stereocenters. The molecule has 1 aliphatic rings. The van der Waals surface area contributed by atoms with Crippen LogP contribution in [-0.4, -0.2) is 19.3 Å². The van der Waals surface area contributed by atoms with Crippen LogP contribution in [0.3, 0.4) is 0 Å². The average molecular weight is 263 g/mol. The van der Waals surface area contributed by atoms with E-state index in [1.807, 2.05) is 19.2 Å². The number of fused-ring (bicyclic) bond motifs is 1. The summed E-state index contributed by atoms with van der Waals surface area (Å²) in [4.78, 5) is 0. The summed E-state index contributed by atoms with van der Waals surface area (Å²) in [6.07, 6.45) is 3.03. The fourth-order valence-electron chi connectivity index (χ4n) is 2.52. The third kappa shape index (κ3) is 3.03. The molecule has 3 nitrogen and oxygen atoms in total. The normalized spacial score (nSPS) is 25.6. The Morgan fingerprint density at radius 2 is 2.21 bits per heavy atom. The second-order valence-electron chi connectivity index (χ2n) is 5.50. The van der Waals surface area contributed by atoms with E-state index in [4.69, 9.17) is 9.47 Å². The summed E-state index contributed by atoms with van der Waals surface area (Å²) in [6.45, 7) is 7.24. The molecule has 1 heterocycles. The topological polar surface area (TPSA) is 30.5 Å². The van der Waals surface area contributed by atoms with Gasteiger partial charge in [-0.3, -0.25) is 0 Å². The molecular weight excluding hydrogens is 238 g/mol. The van der Waals surface area contributed by atoms with Gasteiger partial charge in [0.25, 0.3) is 0 Å². The zero-order valence-electron chi connectivity index (χ0n) is 12.5. The van der Waals surface area contributed by atoms with Crippen molar-refractivity contribution in [3.63, 3.8) is 0 Å². The Morgan fingerprint density at radius 1 is 1.42 bits per heavy atom. The molecule has 0 aromatic heterocycles. The number of benzene rings is 1. The summed E-state index contributed by atoms with van der Waals surface area (Å²) in [6, 6.07) is 6.49. The molecule has 106 valence electrons. The predicted molar refractivity (Wildman–Crippen MR) is 78.0 cm³/mol. The molecule has 19 heavy (non-hydrogen) atoms. The molecule has 2 rings (SSSR count). The summed E-state index contributed by atoms with van der Waals surface area (Å²) >= 11 is 0. The van der Waals surface area contributed by atoms with Crippen molar-refractivity contribution in [2.45, 2.75) is 51.7 Å². The van der Waals surface area contributed by atoms with Crippen LogP contribution in [0.15, 0.2) is 18.2 Å². The van der Waals surface area contributed by atoms with E-state index >= 15 is 0 Å². The lowest BCUT2D eigenvalue weighted by Gasteiger charge is -2.39. The van der Waals surface area contributed by atoms with E-state index in [2.05, 4.69) is 32.2 Å². The zero-order chi connectivity index (χ0) is 13.9. The number of ether oxygens (including phenoxy) is 2. The Kier molecular flexibility index (Phi) is 4.35. The highest BCUT2D eigenvalue weighted by atomic mass is 16.5. The van der Waals surface area contributed by atoms with Gasteiger partial charge in [0.15, 0.2) is 0 Å². The van der Waals surface area contributed by atoms with Crippen molar-refractivity contribution in [1.29, 1.82) is 0 Å². The Labute approximate surface area is 116 Å². The molecule has 1 aromatic carbocycles. The highest BCUT2D eigenvalue weighted by Gasteiger charge is 2.35. The van der Waals surface area contributed by atoms with Gasteiger partial charge in [0, 0.05) is 18.0 Å². The molecule has 0 spiro atoms. The van der Waals surface area contributed by atoms with Crippen LogP contribution in [0.25, 0.3) is 0 Å². The van der Waals surface area contributed by atoms with Gasteiger partial charge in [0.2, 0.25) is 0 Å². The van der Waals surface area contributed by atoms with Crippen molar-refractivity contribution < 1.29 is 9.47 Å². The second kappa shape index (κ2) is 5.83. The summed E-state index contributed by atoms with van der Waals surface area (Å²) in [5.74, 6) is 1.92. The third-order valence-corrected chi connectivity index (χ3v) is 3.92. The third-order valence-electron chi connectivity index (χ3n) is 3.92. The molecule has 0 radical (unpaired) electrons. The van der Waals surface area contributed by atoms with Crippen LogP contribution in [0.2, 0.25) is 0 Å². The van der Waals surface area contributed by atoms with E-state index in [0.29, 0.717) is 6.04 Å². The molecule has 0 saturated heterocycles. The van der Waals surface area contributed by atoms with Crippen LogP contribution in [0.1, 0.15) is 51.6 Å². The van der Waals surface area contributed by atoms with Crippen LogP contribution in [-0.2, 0) is 0 Å². The smallest absolute Gasteiger partial charge is 0.125 e. The zero-order valence-corrected chi connectivity index (χ0v) is 12.5. The lowest BCUT2D eigenvalue weighted by Crippen LogP contribution is -2.40. The van der Waals surface area contributed by atoms with Gasteiger partial charge in [-0.25, -0.2) is 0 Å². The van der Waals surface area contributed by atoms with Gasteiger partial charge in [-0.05, 0) is 45.0 Å². The monoisotopic (exact) mass is 263 g/mol. The Hall–Kier alpha value is -1.22. The van der Waals surface area contributed by atoms with Crippen LogP contribution in [0, 0.1) is 0 Å². The van der Waals surface area contributed by atoms with Gasteiger partial charge in [-0.1, -0.05) is 13.8 Å². The molecule has 0 fully saturated rings. The summed E-state index contributed by atoms with van der Waals surface area (Å²) in [5.41, 5.74) is 1.13. The second-order valence-corrected chi connectivity index (χ2v) is 5.50. The average Bonchev–Trinajstić information content (AvgIpc) is 2.44. The van der Waals surface area contributed by atoms with Crippen LogP contribution in [0.4, 0.5) is 0 Å². The first-order valence-electron chi connectivity index (χ1n) is 7.25. The van der Waals surface area contributed by atoms with E-state index in [0.717, 1.165) is 37.4 Å². The Morgan fingerprint density at radius 3 is 2.84 bits per heavy atom. The standard InChI is InChI=1S/C16H25NO2/c1-5-9-18-12-7-8-15-13(10-12)14(17-4)11-16(3,6-2)19-15/h7-8,10,14,17H,5-6,9,11H2,1-4H3. The van der Waals surface area contributed by atoms with Crippen molar-refractivity contribution in [3.8, 4) is 11.5 Å². The molecule has 3 heteroatoms. The van der Waals surface area contributed by atoms with Crippen molar-refractivity contribution >= 4 is 0 Å². The molecule has 2 atom stereocenters. The van der Waals surface area contributed by atoms with Crippen molar-refractivity contribution in [3.05, 3.63) is 23.8 Å². The SMILES string of the molecule is CCCOc1ccc2c(c1)C(NC)CC(C)(CC)O2. The van der Waals surface area contributed by atoms with Gasteiger partial charge < -0.3 is 14.8 Å². The van der Waals surface area contributed by atoms with E-state index in [1.54, 1.807) is 0 Å². The van der Waals surface area contributed by atoms with E-state index < -0.39 is 0 Å². The fraction of sp³-hybridized carbons (Fsp3) is 0.625. The maximum atomic E-state index is 6.16. The van der Waals surface area contributed by atoms with Gasteiger partial charge >= 0.3 is 0 Å². The van der Waals surface area contributed by atoms with E-state index in [9.17, 15) is 0 Å². The molecule has 0 bridgehead atoms. The quantitative estimate of drug-likeness (QED) is 0.879. The minimum Gasteiger partial charge on any atom is -0.494 e. The maximum Gasteiger partial charge on any atom is 0.125 e. The molecule has 1 aromatic rings. The van der Waals surface area contributed by atoms with Gasteiger partial charge in [-0.15, -0.1) is 0 Å². The van der Waals surface area contributed by atoms with E-state index in [1.165, 1.54) is 5.56 Å². The molecule has 1 N–H and O–H groups in total. The van der Waals surface area contributed by atoms with Crippen molar-refractivity contribution in [2.75, 3.05) is 13.7 Å². The summed E-state index contributed by atoms with van der Waals surface area (Å²) in [5, 5.41) is 3.40. The highest BCUT2D eigenvalue weighted by molar-refractivity contribution is 5.44. The van der Waals surface area contributed by atoms with Gasteiger partial charge in [0.05, 0.1) is 6.61 Å². The first-order chi connectivity index (χ1) is 9.11. The molecular formula is C16H25NO2. The van der Waals surface area contributed by atoms with Crippen LogP contribution >= 0.6 is 0 Å². The molecule has 0 saturated carbocycles. The number of hydrogen-bond donors (Lipinski definition) is 1. The van der Waals surface area contributed by atoms with Crippen LogP contribution < -0.4 is 14.8 Å². The predicted octanol–water partition coefficient (Wildman–Crippen LogP) is 3.69. The lowest BCUT2D eigenvalue weighted by molar-refractivity contribution is 0.0453. The minimum absolute atomic E-state index is 0.0769. The molecule has 0 amide bonds. The fourth-order valence-corrected chi connectivity index (χ4v) is 2.52. The number of nitrogens with one attached hydrogen (secondary N) is 1. The van der Waals surface area contributed by atoms with Crippen LogP contribution in [0.5, 0.6) is 11.5 Å². The maximum absolute atomic E-state index is 6.16. The summed E-state index contributed by atoms with van der Waals surface area (Å²) in [7, 11) is 2.01. The number of rotatable bonds is 5. The highest BCUT2D eigenvalue weighted by Crippen LogP contribution is 2.42. The molecule has 1 aliphatic heterocycles. The van der Waals surface area contributed by atoms with E-state index in [-0.39, 0.29) is 5.60 Å². The molecule has 0 aliphatic carbocycles. The Bertz CT molecular complexity index is 433. The summed E-state index contributed by atoms with van der Waals surface area (Å²) < 4.78 is 11.9. The van der Waals surface area contributed by atoms with Crippen molar-refractivity contribution in [2.24, 2.45) is 0 Å². The van der Waals surface area contributed by atoms with Crippen molar-refractivity contribution in [1.82, 2.24) is 5.32 Å². The Balaban J connectivity index is 2.28. The van der Waals surface area contributed by atoms with Gasteiger partial charge in [0.1, 0.15) is 17.1 Å². The first-order valence-corrected chi connectivity index (χ1v) is 7.25. The number of hydrogen-bond acceptors (Lipinski definition) is 3.